The van der Waals surface area contributed by atoms with E-state index in [0.29, 0.717) is 38.7 Å². The average Bonchev–Trinajstić information content (AvgIpc) is 2.95. The van der Waals surface area contributed by atoms with E-state index in [1.54, 1.807) is 30.3 Å². The zero-order valence-corrected chi connectivity index (χ0v) is 15.3. The van der Waals surface area contributed by atoms with Crippen LogP contribution in [0.25, 0.3) is 11.1 Å². The maximum atomic E-state index is 11.7. The minimum Gasteiger partial charge on any atom is -0.258 e. The summed E-state index contributed by atoms with van der Waals surface area (Å²) in [6, 6.07) is 14.7. The molecule has 0 N–H and O–H groups in total. The summed E-state index contributed by atoms with van der Waals surface area (Å²) in [6.07, 6.45) is 0. The van der Waals surface area contributed by atoms with E-state index in [0.717, 1.165) is 11.6 Å². The Hall–Kier alpha value is -3.58. The molecule has 3 aromatic carbocycles. The number of aryl methyl sites for hydroxylation is 1. The van der Waals surface area contributed by atoms with Gasteiger partial charge in [-0.2, -0.15) is 0 Å². The smallest absolute Gasteiger partial charge is 0.258 e. The van der Waals surface area contributed by atoms with E-state index in [1.807, 2.05) is 19.1 Å². The molecule has 8 heteroatoms. The second-order valence-corrected chi connectivity index (χ2v) is 6.77. The van der Waals surface area contributed by atoms with Gasteiger partial charge in [0, 0.05) is 17.2 Å². The third kappa shape index (κ3) is 2.82. The third-order valence-corrected chi connectivity index (χ3v) is 4.87. The monoisotopic (exact) mass is 393 g/mol. The van der Waals surface area contributed by atoms with Crippen LogP contribution in [0.2, 0.25) is 5.02 Å². The largest absolute Gasteiger partial charge is 0.284 e. The molecule has 138 valence electrons. The van der Waals surface area contributed by atoms with Gasteiger partial charge >= 0.3 is 0 Å². The molecule has 1 aliphatic rings. The quantitative estimate of drug-likeness (QED) is 0.333. The van der Waals surface area contributed by atoms with Crippen molar-refractivity contribution in [3.05, 3.63) is 96.5 Å². The summed E-state index contributed by atoms with van der Waals surface area (Å²) in [5, 5.41) is 23.4. The summed E-state index contributed by atoms with van der Waals surface area (Å²) in [7, 11) is 0. The molecule has 0 spiro atoms. The first-order chi connectivity index (χ1) is 13.4. The summed E-state index contributed by atoms with van der Waals surface area (Å²) in [4.78, 5) is 26.4. The lowest BCUT2D eigenvalue weighted by molar-refractivity contribution is -0.393. The molecule has 7 nitrogen and oxygen atoms in total. The summed E-state index contributed by atoms with van der Waals surface area (Å²) in [5.41, 5.74) is 3.14. The van der Waals surface area contributed by atoms with Crippen LogP contribution in [-0.2, 0) is 0 Å². The Bertz CT molecular complexity index is 1200. The Morgan fingerprint density at radius 2 is 1.64 bits per heavy atom. The zero-order chi connectivity index (χ0) is 20.0. The molecule has 0 radical (unpaired) electrons. The second-order valence-electron chi connectivity index (χ2n) is 6.36. The van der Waals surface area contributed by atoms with E-state index in [1.165, 1.54) is 6.07 Å². The number of para-hydroxylation sites is 1. The molecule has 0 bridgehead atoms. The molecule has 0 fully saturated rings. The molecule has 0 unspecified atom stereocenters. The number of nitrogens with zero attached hydrogens (tertiary/aromatic N) is 3. The molecule has 28 heavy (non-hydrogen) atoms. The van der Waals surface area contributed by atoms with Gasteiger partial charge in [0.15, 0.2) is 0 Å². The first-order valence-electron chi connectivity index (χ1n) is 8.28. The molecule has 0 saturated carbocycles. The van der Waals surface area contributed by atoms with Gasteiger partial charge in [0.25, 0.3) is 11.4 Å². The molecule has 0 atom stereocenters. The molecule has 0 amide bonds. The lowest BCUT2D eigenvalue weighted by Crippen LogP contribution is -2.01. The number of aliphatic imine (C=N–C) groups is 1. The fourth-order valence-electron chi connectivity index (χ4n) is 3.33. The Kier molecular flexibility index (Phi) is 4.16. The van der Waals surface area contributed by atoms with E-state index in [4.69, 9.17) is 11.6 Å². The van der Waals surface area contributed by atoms with Gasteiger partial charge in [-0.25, -0.2) is 4.99 Å². The van der Waals surface area contributed by atoms with Crippen LogP contribution in [0, 0.1) is 27.2 Å². The average molecular weight is 394 g/mol. The maximum absolute atomic E-state index is 11.7. The Labute approximate surface area is 164 Å². The van der Waals surface area contributed by atoms with Gasteiger partial charge in [0.05, 0.1) is 37.9 Å². The number of benzene rings is 3. The Morgan fingerprint density at radius 3 is 2.32 bits per heavy atom. The number of nitro groups is 2. The van der Waals surface area contributed by atoms with Gasteiger partial charge in [-0.15, -0.1) is 0 Å². The number of fused-ring (bicyclic) bond motifs is 3. The lowest BCUT2D eigenvalue weighted by Gasteiger charge is -2.04. The fraction of sp³-hybridized carbons (Fsp3) is 0.0500. The minimum absolute atomic E-state index is 0.321. The van der Waals surface area contributed by atoms with Crippen molar-refractivity contribution in [1.29, 1.82) is 0 Å². The van der Waals surface area contributed by atoms with E-state index in [2.05, 4.69) is 4.99 Å². The number of hydrogen-bond donors (Lipinski definition) is 0. The van der Waals surface area contributed by atoms with Crippen LogP contribution in [0.4, 0.5) is 17.1 Å². The second kappa shape index (κ2) is 6.54. The third-order valence-electron chi connectivity index (χ3n) is 4.55. The topological polar surface area (TPSA) is 98.6 Å². The van der Waals surface area contributed by atoms with Crippen LogP contribution < -0.4 is 0 Å². The van der Waals surface area contributed by atoms with Crippen molar-refractivity contribution < 1.29 is 9.85 Å². The van der Waals surface area contributed by atoms with Crippen molar-refractivity contribution in [2.24, 2.45) is 4.99 Å². The standard InChI is InChI=1S/C20H12ClN3O4/c1-11-6-7-13-14(8-11)20(22-17-5-3-2-4-16(17)21)15-9-12(23(25)26)10-18(19(13)15)24(27)28/h2-10H,1H3. The zero-order valence-electron chi connectivity index (χ0n) is 14.5. The minimum atomic E-state index is -0.644. The maximum Gasteiger partial charge on any atom is 0.284 e. The van der Waals surface area contributed by atoms with Crippen molar-refractivity contribution in [2.45, 2.75) is 6.92 Å². The molecular formula is C20H12ClN3O4. The molecular weight excluding hydrogens is 382 g/mol. The number of non-ortho nitro benzene ring substituents is 1. The van der Waals surface area contributed by atoms with Crippen molar-refractivity contribution in [3.63, 3.8) is 0 Å². The summed E-state index contributed by atoms with van der Waals surface area (Å²) >= 11 is 6.23. The highest BCUT2D eigenvalue weighted by atomic mass is 35.5. The van der Waals surface area contributed by atoms with E-state index >= 15 is 0 Å². The van der Waals surface area contributed by atoms with Crippen molar-refractivity contribution >= 4 is 34.4 Å². The SMILES string of the molecule is Cc1ccc2c(c1)C(=Nc1ccccc1Cl)c1cc([N+](=O)[O-])cc([N+](=O)[O-])c1-2. The molecule has 0 heterocycles. The Balaban J connectivity index is 2.10. The molecule has 0 aliphatic heterocycles. The molecule has 0 aromatic heterocycles. The van der Waals surface area contributed by atoms with E-state index in [-0.39, 0.29) is 11.4 Å². The van der Waals surface area contributed by atoms with Crippen LogP contribution in [-0.4, -0.2) is 15.6 Å². The predicted octanol–water partition coefficient (Wildman–Crippen LogP) is 5.61. The van der Waals surface area contributed by atoms with Crippen LogP contribution in [0.15, 0.2) is 59.6 Å². The summed E-state index contributed by atoms with van der Waals surface area (Å²) in [5.74, 6) is 0. The number of halogens is 1. The molecule has 0 saturated heterocycles. The Morgan fingerprint density at radius 1 is 0.893 bits per heavy atom. The first-order valence-corrected chi connectivity index (χ1v) is 8.66. The fourth-order valence-corrected chi connectivity index (χ4v) is 3.51. The van der Waals surface area contributed by atoms with Gasteiger partial charge in [-0.1, -0.05) is 41.4 Å². The van der Waals surface area contributed by atoms with Crippen LogP contribution in [0.1, 0.15) is 16.7 Å². The highest BCUT2D eigenvalue weighted by Gasteiger charge is 2.35. The number of nitro benzene ring substituents is 2. The van der Waals surface area contributed by atoms with Crippen LogP contribution in [0.3, 0.4) is 0 Å². The van der Waals surface area contributed by atoms with E-state index < -0.39 is 9.85 Å². The predicted molar refractivity (Wildman–Crippen MR) is 107 cm³/mol. The van der Waals surface area contributed by atoms with Gasteiger partial charge in [0.1, 0.15) is 0 Å². The van der Waals surface area contributed by atoms with Crippen molar-refractivity contribution in [1.82, 2.24) is 0 Å². The molecule has 1 aliphatic carbocycles. The number of hydrogen-bond acceptors (Lipinski definition) is 5. The van der Waals surface area contributed by atoms with Gasteiger partial charge in [-0.05, 0) is 30.7 Å². The van der Waals surface area contributed by atoms with Gasteiger partial charge in [0.2, 0.25) is 0 Å². The van der Waals surface area contributed by atoms with Crippen molar-refractivity contribution in [2.75, 3.05) is 0 Å². The normalized spacial score (nSPS) is 13.3. The first kappa shape index (κ1) is 17.8. The molecule has 4 rings (SSSR count). The van der Waals surface area contributed by atoms with Crippen LogP contribution >= 0.6 is 11.6 Å². The van der Waals surface area contributed by atoms with Gasteiger partial charge < -0.3 is 0 Å². The lowest BCUT2D eigenvalue weighted by atomic mass is 10.0. The highest BCUT2D eigenvalue weighted by Crippen LogP contribution is 2.46. The van der Waals surface area contributed by atoms with Crippen LogP contribution in [0.5, 0.6) is 0 Å². The molecule has 3 aromatic rings. The van der Waals surface area contributed by atoms with Gasteiger partial charge in [-0.3, -0.25) is 20.2 Å². The van der Waals surface area contributed by atoms with E-state index in [9.17, 15) is 20.2 Å². The summed E-state index contributed by atoms with van der Waals surface area (Å²) in [6.45, 7) is 1.90. The number of rotatable bonds is 3. The highest BCUT2D eigenvalue weighted by molar-refractivity contribution is 6.34. The summed E-state index contributed by atoms with van der Waals surface area (Å²) < 4.78 is 0. The van der Waals surface area contributed by atoms with Crippen molar-refractivity contribution in [3.8, 4) is 11.1 Å².